The second kappa shape index (κ2) is 9.40. The summed E-state index contributed by atoms with van der Waals surface area (Å²) in [4.78, 5) is 30.8. The molecule has 0 saturated heterocycles. The van der Waals surface area contributed by atoms with Gasteiger partial charge in [-0.15, -0.1) is 0 Å². The van der Waals surface area contributed by atoms with Crippen LogP contribution in [0.3, 0.4) is 0 Å². The highest BCUT2D eigenvalue weighted by Crippen LogP contribution is 2.35. The minimum atomic E-state index is -0.262. The quantitative estimate of drug-likeness (QED) is 0.339. The van der Waals surface area contributed by atoms with Crippen LogP contribution in [0.15, 0.2) is 71.8 Å². The van der Waals surface area contributed by atoms with Crippen molar-refractivity contribution >= 4 is 33.9 Å². The topological polar surface area (TPSA) is 109 Å². The summed E-state index contributed by atoms with van der Waals surface area (Å²) >= 11 is 0. The maximum absolute atomic E-state index is 12.3. The standard InChI is InChI=1S/C26H24N6O3/c1-32(2)9-4-5-23(33)30-22-12-16(13-24(31-22)34-3)17-11-20-21(15-29-25(20)28-14-17)18-6-8-27-26-19(18)7-10-35-26/h4-8,10-15H,9H2,1-3H3,(H,28,29)(H,30,31,33)/b5-4+. The van der Waals surface area contributed by atoms with Gasteiger partial charge in [-0.3, -0.25) is 4.79 Å². The Labute approximate surface area is 201 Å². The van der Waals surface area contributed by atoms with Gasteiger partial charge >= 0.3 is 0 Å². The number of rotatable bonds is 7. The predicted molar refractivity (Wildman–Crippen MR) is 135 cm³/mol. The molecule has 0 unspecified atom stereocenters. The van der Waals surface area contributed by atoms with E-state index >= 15 is 0 Å². The maximum Gasteiger partial charge on any atom is 0.249 e. The zero-order valence-corrected chi connectivity index (χ0v) is 19.6. The Morgan fingerprint density at radius 2 is 2.03 bits per heavy atom. The summed E-state index contributed by atoms with van der Waals surface area (Å²) in [5.41, 5.74) is 5.00. The van der Waals surface area contributed by atoms with E-state index in [4.69, 9.17) is 9.15 Å². The number of furan rings is 1. The third kappa shape index (κ3) is 4.62. The molecule has 0 aliphatic heterocycles. The van der Waals surface area contributed by atoms with Crippen LogP contribution in [0, 0.1) is 0 Å². The Bertz CT molecular complexity index is 1550. The Morgan fingerprint density at radius 3 is 2.86 bits per heavy atom. The molecule has 1 amide bonds. The van der Waals surface area contributed by atoms with Crippen LogP contribution in [-0.4, -0.2) is 58.5 Å². The fourth-order valence-corrected chi connectivity index (χ4v) is 3.87. The molecule has 0 spiro atoms. The molecule has 5 heterocycles. The van der Waals surface area contributed by atoms with Gasteiger partial charge in [-0.25, -0.2) is 9.97 Å². The molecule has 5 rings (SSSR count). The molecule has 9 heteroatoms. The first-order valence-electron chi connectivity index (χ1n) is 11.0. The fraction of sp³-hybridized carbons (Fsp3) is 0.154. The van der Waals surface area contributed by atoms with Gasteiger partial charge < -0.3 is 24.4 Å². The third-order valence-corrected chi connectivity index (χ3v) is 5.52. The van der Waals surface area contributed by atoms with Crippen LogP contribution in [0.2, 0.25) is 0 Å². The van der Waals surface area contributed by atoms with Crippen molar-refractivity contribution in [1.82, 2.24) is 24.8 Å². The molecule has 176 valence electrons. The number of fused-ring (bicyclic) bond motifs is 2. The number of methoxy groups -OCH3 is 1. The third-order valence-electron chi connectivity index (χ3n) is 5.52. The summed E-state index contributed by atoms with van der Waals surface area (Å²) in [6.45, 7) is 0.664. The number of aromatic amines is 1. The van der Waals surface area contributed by atoms with E-state index in [2.05, 4.69) is 31.3 Å². The monoisotopic (exact) mass is 468 g/mol. The molecule has 5 aromatic heterocycles. The summed E-state index contributed by atoms with van der Waals surface area (Å²) in [7, 11) is 5.41. The van der Waals surface area contributed by atoms with Crippen molar-refractivity contribution < 1.29 is 13.9 Å². The first-order chi connectivity index (χ1) is 17.0. The van der Waals surface area contributed by atoms with E-state index in [0.717, 1.165) is 38.7 Å². The van der Waals surface area contributed by atoms with Crippen molar-refractivity contribution in [3.05, 3.63) is 67.3 Å². The van der Waals surface area contributed by atoms with E-state index in [1.165, 1.54) is 6.08 Å². The number of carbonyl (C=O) groups excluding carboxylic acids is 1. The zero-order chi connectivity index (χ0) is 24.4. The van der Waals surface area contributed by atoms with Crippen LogP contribution < -0.4 is 10.1 Å². The van der Waals surface area contributed by atoms with E-state index in [-0.39, 0.29) is 5.91 Å². The SMILES string of the molecule is COc1cc(-c2cnc3[nH]cc(-c4ccnc5occc45)c3c2)cc(NC(=O)/C=C/CN(C)C)n1. The minimum Gasteiger partial charge on any atom is -0.481 e. The van der Waals surface area contributed by atoms with Crippen LogP contribution in [0.25, 0.3) is 44.4 Å². The molecule has 0 aromatic carbocycles. The molecule has 0 radical (unpaired) electrons. The Kier molecular flexibility index (Phi) is 5.99. The second-order valence-electron chi connectivity index (χ2n) is 8.26. The Balaban J connectivity index is 1.52. The average molecular weight is 469 g/mol. The van der Waals surface area contributed by atoms with Crippen molar-refractivity contribution in [1.29, 1.82) is 0 Å². The van der Waals surface area contributed by atoms with Crippen molar-refractivity contribution in [3.63, 3.8) is 0 Å². The number of aromatic nitrogens is 4. The zero-order valence-electron chi connectivity index (χ0n) is 19.6. The number of nitrogens with one attached hydrogen (secondary N) is 2. The summed E-state index contributed by atoms with van der Waals surface area (Å²) in [5.74, 6) is 0.517. The normalized spacial score (nSPS) is 11.7. The van der Waals surface area contributed by atoms with E-state index in [1.807, 2.05) is 43.4 Å². The van der Waals surface area contributed by atoms with E-state index in [0.29, 0.717) is 24.0 Å². The summed E-state index contributed by atoms with van der Waals surface area (Å²) in [6.07, 6.45) is 10.4. The summed E-state index contributed by atoms with van der Waals surface area (Å²) < 4.78 is 10.9. The Hall–Kier alpha value is -4.50. The lowest BCUT2D eigenvalue weighted by Gasteiger charge is -2.09. The number of amides is 1. The van der Waals surface area contributed by atoms with Crippen molar-refractivity contribution in [2.75, 3.05) is 33.1 Å². The number of pyridine rings is 3. The molecule has 5 aromatic rings. The highest BCUT2D eigenvalue weighted by Gasteiger charge is 2.14. The number of likely N-dealkylation sites (N-methyl/N-ethyl adjacent to an activating group) is 1. The van der Waals surface area contributed by atoms with Crippen molar-refractivity contribution in [2.45, 2.75) is 0 Å². The molecule has 0 fully saturated rings. The highest BCUT2D eigenvalue weighted by atomic mass is 16.5. The first-order valence-corrected chi connectivity index (χ1v) is 11.0. The van der Waals surface area contributed by atoms with Crippen molar-refractivity contribution in [2.24, 2.45) is 0 Å². The van der Waals surface area contributed by atoms with Crippen LogP contribution in [0.4, 0.5) is 5.82 Å². The molecular weight excluding hydrogens is 444 g/mol. The lowest BCUT2D eigenvalue weighted by Crippen LogP contribution is -2.13. The number of ether oxygens (including phenoxy) is 1. The van der Waals surface area contributed by atoms with Gasteiger partial charge in [0.15, 0.2) is 0 Å². The molecule has 0 aliphatic carbocycles. The molecular formula is C26H24N6O3. The van der Waals surface area contributed by atoms with Gasteiger partial charge in [-0.2, -0.15) is 4.98 Å². The molecule has 9 nitrogen and oxygen atoms in total. The number of hydrogen-bond donors (Lipinski definition) is 2. The predicted octanol–water partition coefficient (Wildman–Crippen LogP) is 4.50. The number of anilines is 1. The second-order valence-corrected chi connectivity index (χ2v) is 8.26. The Morgan fingerprint density at radius 1 is 1.14 bits per heavy atom. The van der Waals surface area contributed by atoms with Crippen LogP contribution >= 0.6 is 0 Å². The molecule has 2 N–H and O–H groups in total. The van der Waals surface area contributed by atoms with Crippen molar-refractivity contribution in [3.8, 4) is 28.1 Å². The lowest BCUT2D eigenvalue weighted by atomic mass is 10.0. The molecule has 0 atom stereocenters. The smallest absolute Gasteiger partial charge is 0.249 e. The maximum atomic E-state index is 12.3. The molecule has 0 saturated carbocycles. The van der Waals surface area contributed by atoms with Crippen LogP contribution in [0.5, 0.6) is 5.88 Å². The van der Waals surface area contributed by atoms with Gasteiger partial charge in [0.25, 0.3) is 0 Å². The van der Waals surface area contributed by atoms with Crippen LogP contribution in [-0.2, 0) is 4.79 Å². The van der Waals surface area contributed by atoms with E-state index < -0.39 is 0 Å². The largest absolute Gasteiger partial charge is 0.481 e. The first kappa shape index (κ1) is 22.3. The molecule has 35 heavy (non-hydrogen) atoms. The van der Waals surface area contributed by atoms with E-state index in [9.17, 15) is 4.79 Å². The van der Waals surface area contributed by atoms with Gasteiger partial charge in [-0.05, 0) is 49.5 Å². The summed E-state index contributed by atoms with van der Waals surface area (Å²) in [5, 5.41) is 4.68. The minimum absolute atomic E-state index is 0.262. The van der Waals surface area contributed by atoms with Crippen LogP contribution in [0.1, 0.15) is 0 Å². The van der Waals surface area contributed by atoms with Gasteiger partial charge in [0.1, 0.15) is 11.5 Å². The number of nitrogens with zero attached hydrogens (tertiary/aromatic N) is 4. The van der Waals surface area contributed by atoms with Gasteiger partial charge in [-0.1, -0.05) is 6.08 Å². The highest BCUT2D eigenvalue weighted by molar-refractivity contribution is 6.03. The lowest BCUT2D eigenvalue weighted by molar-refractivity contribution is -0.111. The van der Waals surface area contributed by atoms with E-state index in [1.54, 1.807) is 37.9 Å². The van der Waals surface area contributed by atoms with Gasteiger partial charge in [0.05, 0.1) is 13.4 Å². The summed E-state index contributed by atoms with van der Waals surface area (Å²) in [6, 6.07) is 9.53. The number of hydrogen-bond acceptors (Lipinski definition) is 7. The average Bonchev–Trinajstić information content (AvgIpc) is 3.50. The van der Waals surface area contributed by atoms with Gasteiger partial charge in [0.2, 0.25) is 17.5 Å². The molecule has 0 aliphatic rings. The van der Waals surface area contributed by atoms with Gasteiger partial charge in [0, 0.05) is 59.2 Å². The number of carbonyl (C=O) groups is 1. The fourth-order valence-electron chi connectivity index (χ4n) is 3.87. The number of H-pyrrole nitrogens is 1. The molecule has 0 bridgehead atoms.